The minimum absolute atomic E-state index is 0.00255. The summed E-state index contributed by atoms with van der Waals surface area (Å²) >= 11 is 0. The van der Waals surface area contributed by atoms with Crippen molar-refractivity contribution in [3.63, 3.8) is 0 Å². The first kappa shape index (κ1) is 15.2. The Hall–Kier alpha value is -2.18. The molecule has 2 rings (SSSR count). The molecule has 1 aromatic rings. The van der Waals surface area contributed by atoms with E-state index in [-0.39, 0.29) is 12.4 Å². The van der Waals surface area contributed by atoms with Crippen LogP contribution in [0, 0.1) is 0 Å². The van der Waals surface area contributed by atoms with Crippen molar-refractivity contribution in [2.45, 2.75) is 25.9 Å². The number of carbonyl (C=O) groups excluding carboxylic acids is 1. The third kappa shape index (κ3) is 4.70. The van der Waals surface area contributed by atoms with Crippen LogP contribution in [0.15, 0.2) is 35.5 Å². The van der Waals surface area contributed by atoms with Crippen molar-refractivity contribution in [2.24, 2.45) is 0 Å². The molecule has 0 aromatic heterocycles. The Bertz CT molecular complexity index is 562. The molecule has 0 aliphatic heterocycles. The Balaban J connectivity index is 1.82. The molecule has 1 aromatic carbocycles. The number of ether oxygens (including phenoxy) is 1. The van der Waals surface area contributed by atoms with Gasteiger partial charge in [-0.15, -0.1) is 0 Å². The zero-order chi connectivity index (χ0) is 15.5. The van der Waals surface area contributed by atoms with Crippen LogP contribution in [0.1, 0.15) is 25.3 Å². The van der Waals surface area contributed by atoms with E-state index in [9.17, 15) is 18.0 Å². The van der Waals surface area contributed by atoms with E-state index < -0.39 is 17.6 Å². The van der Waals surface area contributed by atoms with Gasteiger partial charge < -0.3 is 10.2 Å². The van der Waals surface area contributed by atoms with Crippen molar-refractivity contribution in [2.75, 3.05) is 6.61 Å². The molecule has 1 amide bonds. The third-order valence-electron chi connectivity index (χ3n) is 2.95. The predicted molar refractivity (Wildman–Crippen MR) is 70.2 cm³/mol. The van der Waals surface area contributed by atoms with Crippen LogP contribution in [0.5, 0.6) is 5.75 Å². The first-order valence-corrected chi connectivity index (χ1v) is 6.40. The third-order valence-corrected chi connectivity index (χ3v) is 2.95. The minimum Gasteiger partial charge on any atom is -0.484 e. The molecule has 0 atom stereocenters. The standard InChI is InChI=1S/C14H15F3N2O2/c1-9(10-5-6-10)18-19-13(20)8-21-12-4-2-3-11(7-12)14(15,16)17/h2-4,7,18H,5-6,8H2,1H3,(H,19,20). The molecule has 0 bridgehead atoms. The largest absolute Gasteiger partial charge is 0.484 e. The van der Waals surface area contributed by atoms with E-state index in [2.05, 4.69) is 10.9 Å². The summed E-state index contributed by atoms with van der Waals surface area (Å²) in [5.74, 6) is -0.467. The molecule has 1 fully saturated rings. The average Bonchev–Trinajstić information content (AvgIpc) is 3.26. The topological polar surface area (TPSA) is 50.4 Å². The number of alkyl halides is 3. The quantitative estimate of drug-likeness (QED) is 0.822. The van der Waals surface area contributed by atoms with E-state index >= 15 is 0 Å². The number of hydrogen-bond acceptors (Lipinski definition) is 3. The molecule has 4 nitrogen and oxygen atoms in total. The summed E-state index contributed by atoms with van der Waals surface area (Å²) in [4.78, 5) is 11.5. The molecule has 1 aliphatic carbocycles. The van der Waals surface area contributed by atoms with E-state index in [0.29, 0.717) is 0 Å². The van der Waals surface area contributed by atoms with Crippen LogP contribution >= 0.6 is 0 Å². The summed E-state index contributed by atoms with van der Waals surface area (Å²) < 4.78 is 42.6. The summed E-state index contributed by atoms with van der Waals surface area (Å²) in [5, 5.41) is 0. The lowest BCUT2D eigenvalue weighted by Gasteiger charge is -2.11. The maximum absolute atomic E-state index is 12.5. The number of hydrazine groups is 1. The highest BCUT2D eigenvalue weighted by atomic mass is 19.4. The number of halogens is 3. The number of carbonyl (C=O) groups is 1. The number of amides is 1. The van der Waals surface area contributed by atoms with Gasteiger partial charge >= 0.3 is 6.18 Å². The van der Waals surface area contributed by atoms with Crippen molar-refractivity contribution in [1.82, 2.24) is 10.9 Å². The normalized spacial score (nSPS) is 13.6. The average molecular weight is 300 g/mol. The van der Waals surface area contributed by atoms with Gasteiger partial charge in [-0.05, 0) is 43.5 Å². The second-order valence-electron chi connectivity index (χ2n) is 4.72. The van der Waals surface area contributed by atoms with Gasteiger partial charge in [-0.1, -0.05) is 6.07 Å². The van der Waals surface area contributed by atoms with Crippen molar-refractivity contribution >= 4 is 5.91 Å². The van der Waals surface area contributed by atoms with Crippen LogP contribution in [-0.4, -0.2) is 12.5 Å². The van der Waals surface area contributed by atoms with Crippen molar-refractivity contribution in [1.29, 1.82) is 0 Å². The molecule has 21 heavy (non-hydrogen) atoms. The molecule has 1 saturated carbocycles. The van der Waals surface area contributed by atoms with E-state index in [0.717, 1.165) is 30.7 Å². The van der Waals surface area contributed by atoms with Gasteiger partial charge in [0.2, 0.25) is 0 Å². The van der Waals surface area contributed by atoms with E-state index in [1.165, 1.54) is 17.7 Å². The van der Waals surface area contributed by atoms with E-state index in [1.807, 2.05) is 6.92 Å². The number of allylic oxidation sites excluding steroid dienone is 2. The van der Waals surface area contributed by atoms with Gasteiger partial charge in [0.1, 0.15) is 5.75 Å². The Kier molecular flexibility index (Phi) is 4.40. The molecule has 0 unspecified atom stereocenters. The van der Waals surface area contributed by atoms with Gasteiger partial charge in [-0.25, -0.2) is 0 Å². The summed E-state index contributed by atoms with van der Waals surface area (Å²) in [7, 11) is 0. The summed E-state index contributed by atoms with van der Waals surface area (Å²) in [6, 6.07) is 4.40. The fraction of sp³-hybridized carbons (Fsp3) is 0.357. The van der Waals surface area contributed by atoms with Crippen molar-refractivity contribution in [3.8, 4) is 5.75 Å². The molecule has 7 heteroatoms. The Morgan fingerprint density at radius 3 is 2.62 bits per heavy atom. The molecule has 114 valence electrons. The van der Waals surface area contributed by atoms with Crippen LogP contribution in [0.4, 0.5) is 13.2 Å². The number of benzene rings is 1. The molecule has 0 saturated heterocycles. The summed E-state index contributed by atoms with van der Waals surface area (Å²) in [6.45, 7) is 1.48. The highest BCUT2D eigenvalue weighted by molar-refractivity contribution is 5.77. The molecular weight excluding hydrogens is 285 g/mol. The van der Waals surface area contributed by atoms with Crippen LogP contribution in [0.3, 0.4) is 0 Å². The lowest BCUT2D eigenvalue weighted by atomic mass is 10.2. The monoisotopic (exact) mass is 300 g/mol. The first-order valence-electron chi connectivity index (χ1n) is 6.40. The molecule has 2 N–H and O–H groups in total. The molecule has 0 spiro atoms. The van der Waals surface area contributed by atoms with Crippen LogP contribution < -0.4 is 15.6 Å². The highest BCUT2D eigenvalue weighted by Crippen LogP contribution is 2.31. The maximum atomic E-state index is 12.5. The zero-order valence-corrected chi connectivity index (χ0v) is 11.4. The molecular formula is C14H15F3N2O2. The van der Waals surface area contributed by atoms with Gasteiger partial charge in [0, 0.05) is 5.70 Å². The van der Waals surface area contributed by atoms with Crippen LogP contribution in [0.2, 0.25) is 0 Å². The first-order chi connectivity index (χ1) is 9.86. The lowest BCUT2D eigenvalue weighted by molar-refractivity contribution is -0.137. The maximum Gasteiger partial charge on any atom is 0.416 e. The predicted octanol–water partition coefficient (Wildman–Crippen LogP) is 2.77. The fourth-order valence-corrected chi connectivity index (χ4v) is 1.64. The van der Waals surface area contributed by atoms with Gasteiger partial charge in [0.15, 0.2) is 6.61 Å². The van der Waals surface area contributed by atoms with Crippen LogP contribution in [-0.2, 0) is 11.0 Å². The number of hydrogen-bond donors (Lipinski definition) is 2. The lowest BCUT2D eigenvalue weighted by Crippen LogP contribution is -2.39. The Labute approximate surface area is 119 Å². The van der Waals surface area contributed by atoms with E-state index in [4.69, 9.17) is 4.74 Å². The Morgan fingerprint density at radius 2 is 2.00 bits per heavy atom. The Morgan fingerprint density at radius 1 is 1.29 bits per heavy atom. The van der Waals surface area contributed by atoms with Crippen molar-refractivity contribution < 1.29 is 22.7 Å². The van der Waals surface area contributed by atoms with Crippen molar-refractivity contribution in [3.05, 3.63) is 41.1 Å². The molecule has 1 aliphatic rings. The SMILES string of the molecule is CC(NNC(=O)COc1cccc(C(F)(F)F)c1)=C1CC1. The van der Waals surface area contributed by atoms with Gasteiger partial charge in [0.05, 0.1) is 5.56 Å². The number of nitrogens with one attached hydrogen (secondary N) is 2. The molecule has 0 radical (unpaired) electrons. The molecule has 0 heterocycles. The minimum atomic E-state index is -4.43. The second kappa shape index (κ2) is 6.07. The number of rotatable bonds is 5. The summed E-state index contributed by atoms with van der Waals surface area (Å²) in [6.07, 6.45) is -2.39. The van der Waals surface area contributed by atoms with Crippen LogP contribution in [0.25, 0.3) is 0 Å². The van der Waals surface area contributed by atoms with Gasteiger partial charge in [0.25, 0.3) is 5.91 Å². The zero-order valence-electron chi connectivity index (χ0n) is 11.4. The van der Waals surface area contributed by atoms with Gasteiger partial charge in [-0.3, -0.25) is 10.2 Å². The van der Waals surface area contributed by atoms with Gasteiger partial charge in [-0.2, -0.15) is 13.2 Å². The fourth-order valence-electron chi connectivity index (χ4n) is 1.64. The van der Waals surface area contributed by atoms with E-state index in [1.54, 1.807) is 0 Å². The highest BCUT2D eigenvalue weighted by Gasteiger charge is 2.30. The summed E-state index contributed by atoms with van der Waals surface area (Å²) in [5.41, 5.74) is 6.48. The second-order valence-corrected chi connectivity index (χ2v) is 4.72. The smallest absolute Gasteiger partial charge is 0.416 e.